The van der Waals surface area contributed by atoms with Crippen LogP contribution >= 0.6 is 0 Å². The van der Waals surface area contributed by atoms with Gasteiger partial charge in [-0.1, -0.05) is 18.2 Å². The van der Waals surface area contributed by atoms with Crippen LogP contribution in [0.15, 0.2) is 55.0 Å². The lowest BCUT2D eigenvalue weighted by Crippen LogP contribution is -1.98. The van der Waals surface area contributed by atoms with Gasteiger partial charge in [0.1, 0.15) is 12.1 Å². The molecular formula is C14H13N5. The van der Waals surface area contributed by atoms with Crippen LogP contribution in [0.4, 0.5) is 11.8 Å². The van der Waals surface area contributed by atoms with E-state index in [0.29, 0.717) is 5.95 Å². The summed E-state index contributed by atoms with van der Waals surface area (Å²) in [6.45, 7) is 2.02. The van der Waals surface area contributed by atoms with Gasteiger partial charge in [-0.05, 0) is 36.8 Å². The lowest BCUT2D eigenvalue weighted by Gasteiger charge is -2.01. The number of rotatable bonds is 3. The molecule has 2 heterocycles. The van der Waals surface area contributed by atoms with E-state index in [-0.39, 0.29) is 0 Å². The van der Waals surface area contributed by atoms with Crippen LogP contribution in [0.2, 0.25) is 0 Å². The van der Waals surface area contributed by atoms with E-state index < -0.39 is 0 Å². The SMILES string of the molecule is Cc1ccnc(Nc2ncn(-c3ccccc3)n2)c1. The monoisotopic (exact) mass is 251 g/mol. The second-order valence-corrected chi connectivity index (χ2v) is 4.19. The predicted molar refractivity (Wildman–Crippen MR) is 73.6 cm³/mol. The summed E-state index contributed by atoms with van der Waals surface area (Å²) < 4.78 is 1.72. The van der Waals surface area contributed by atoms with Crippen LogP contribution in [0, 0.1) is 6.92 Å². The van der Waals surface area contributed by atoms with Gasteiger partial charge in [0, 0.05) is 6.20 Å². The van der Waals surface area contributed by atoms with Crippen molar-refractivity contribution in [3.63, 3.8) is 0 Å². The number of nitrogens with one attached hydrogen (secondary N) is 1. The molecule has 0 saturated heterocycles. The summed E-state index contributed by atoms with van der Waals surface area (Å²) in [7, 11) is 0. The maximum Gasteiger partial charge on any atom is 0.248 e. The standard InChI is InChI=1S/C14H13N5/c1-11-7-8-15-13(9-11)17-14-16-10-19(18-14)12-5-3-2-4-6-12/h2-10H,1H3,(H,15,17,18). The van der Waals surface area contributed by atoms with Crippen molar-refractivity contribution in [1.82, 2.24) is 19.7 Å². The van der Waals surface area contributed by atoms with Crippen molar-refractivity contribution >= 4 is 11.8 Å². The fourth-order valence-corrected chi connectivity index (χ4v) is 1.74. The van der Waals surface area contributed by atoms with Crippen LogP contribution in [-0.4, -0.2) is 19.7 Å². The third-order valence-corrected chi connectivity index (χ3v) is 2.67. The van der Waals surface area contributed by atoms with Crippen LogP contribution in [0.5, 0.6) is 0 Å². The highest BCUT2D eigenvalue weighted by Gasteiger charge is 2.03. The molecule has 0 saturated carbocycles. The van der Waals surface area contributed by atoms with Crippen molar-refractivity contribution < 1.29 is 0 Å². The van der Waals surface area contributed by atoms with Gasteiger partial charge in [-0.15, -0.1) is 5.10 Å². The van der Waals surface area contributed by atoms with Gasteiger partial charge in [0.2, 0.25) is 5.95 Å². The molecule has 1 N–H and O–H groups in total. The Bertz CT molecular complexity index is 675. The number of para-hydroxylation sites is 1. The molecule has 0 fully saturated rings. The summed E-state index contributed by atoms with van der Waals surface area (Å²) in [5, 5.41) is 7.44. The van der Waals surface area contributed by atoms with Gasteiger partial charge >= 0.3 is 0 Å². The van der Waals surface area contributed by atoms with Crippen LogP contribution in [-0.2, 0) is 0 Å². The second-order valence-electron chi connectivity index (χ2n) is 4.19. The molecule has 0 aliphatic carbocycles. The number of nitrogens with zero attached hydrogens (tertiary/aromatic N) is 4. The van der Waals surface area contributed by atoms with Crippen molar-refractivity contribution in [1.29, 1.82) is 0 Å². The summed E-state index contributed by atoms with van der Waals surface area (Å²) in [6.07, 6.45) is 3.43. The Morgan fingerprint density at radius 3 is 2.68 bits per heavy atom. The molecule has 0 aliphatic heterocycles. The van der Waals surface area contributed by atoms with Crippen LogP contribution < -0.4 is 5.32 Å². The molecule has 5 nitrogen and oxygen atoms in total. The van der Waals surface area contributed by atoms with Crippen LogP contribution in [0.25, 0.3) is 5.69 Å². The van der Waals surface area contributed by atoms with E-state index >= 15 is 0 Å². The van der Waals surface area contributed by atoms with E-state index in [1.165, 1.54) is 0 Å². The first-order valence-electron chi connectivity index (χ1n) is 5.98. The van der Waals surface area contributed by atoms with E-state index in [1.54, 1.807) is 17.2 Å². The Balaban J connectivity index is 1.82. The van der Waals surface area contributed by atoms with E-state index in [9.17, 15) is 0 Å². The zero-order valence-electron chi connectivity index (χ0n) is 10.5. The Kier molecular flexibility index (Phi) is 2.94. The molecule has 3 rings (SSSR count). The number of pyridine rings is 1. The highest BCUT2D eigenvalue weighted by molar-refractivity contribution is 5.48. The Hall–Kier alpha value is -2.69. The third kappa shape index (κ3) is 2.60. The maximum atomic E-state index is 4.36. The number of hydrogen-bond donors (Lipinski definition) is 1. The molecule has 3 aromatic rings. The molecule has 94 valence electrons. The predicted octanol–water partition coefficient (Wildman–Crippen LogP) is 2.71. The maximum absolute atomic E-state index is 4.36. The number of hydrogen-bond acceptors (Lipinski definition) is 4. The third-order valence-electron chi connectivity index (χ3n) is 2.67. The Morgan fingerprint density at radius 1 is 1.05 bits per heavy atom. The lowest BCUT2D eigenvalue weighted by molar-refractivity contribution is 0.882. The molecule has 19 heavy (non-hydrogen) atoms. The first kappa shape index (κ1) is 11.4. The summed E-state index contributed by atoms with van der Waals surface area (Å²) >= 11 is 0. The molecule has 0 atom stereocenters. The van der Waals surface area contributed by atoms with Crippen molar-refractivity contribution in [2.45, 2.75) is 6.92 Å². The van der Waals surface area contributed by atoms with Crippen molar-refractivity contribution in [2.24, 2.45) is 0 Å². The number of aromatic nitrogens is 4. The molecular weight excluding hydrogens is 238 g/mol. The average Bonchev–Trinajstić information content (AvgIpc) is 2.88. The molecule has 0 unspecified atom stereocenters. The fraction of sp³-hybridized carbons (Fsp3) is 0.0714. The largest absolute Gasteiger partial charge is 0.307 e. The van der Waals surface area contributed by atoms with Gasteiger partial charge < -0.3 is 5.32 Å². The zero-order chi connectivity index (χ0) is 13.1. The molecule has 1 aromatic carbocycles. The van der Waals surface area contributed by atoms with E-state index in [2.05, 4.69) is 20.4 Å². The van der Waals surface area contributed by atoms with Crippen LogP contribution in [0.1, 0.15) is 5.56 Å². The highest BCUT2D eigenvalue weighted by Crippen LogP contribution is 2.12. The van der Waals surface area contributed by atoms with Crippen molar-refractivity contribution in [3.8, 4) is 5.69 Å². The molecule has 0 bridgehead atoms. The summed E-state index contributed by atoms with van der Waals surface area (Å²) in [4.78, 5) is 8.43. The summed E-state index contributed by atoms with van der Waals surface area (Å²) in [6, 6.07) is 13.7. The average molecular weight is 251 g/mol. The first-order chi connectivity index (χ1) is 9.31. The zero-order valence-corrected chi connectivity index (χ0v) is 10.5. The first-order valence-corrected chi connectivity index (χ1v) is 5.98. The summed E-state index contributed by atoms with van der Waals surface area (Å²) in [5.74, 6) is 1.27. The Labute approximate surface area is 111 Å². The molecule has 0 spiro atoms. The van der Waals surface area contributed by atoms with Gasteiger partial charge in [0.25, 0.3) is 0 Å². The molecule has 0 radical (unpaired) electrons. The van der Waals surface area contributed by atoms with Gasteiger partial charge in [0.15, 0.2) is 0 Å². The van der Waals surface area contributed by atoms with Crippen molar-refractivity contribution in [3.05, 3.63) is 60.6 Å². The topological polar surface area (TPSA) is 55.6 Å². The van der Waals surface area contributed by atoms with E-state index in [0.717, 1.165) is 17.1 Å². The molecule has 0 amide bonds. The molecule has 5 heteroatoms. The van der Waals surface area contributed by atoms with Crippen LogP contribution in [0.3, 0.4) is 0 Å². The van der Waals surface area contributed by atoms with E-state index in [4.69, 9.17) is 0 Å². The van der Waals surface area contributed by atoms with Crippen molar-refractivity contribution in [2.75, 3.05) is 5.32 Å². The second kappa shape index (κ2) is 4.89. The minimum atomic E-state index is 0.530. The number of benzene rings is 1. The quantitative estimate of drug-likeness (QED) is 0.777. The highest BCUT2D eigenvalue weighted by atomic mass is 15.4. The summed E-state index contributed by atoms with van der Waals surface area (Å²) in [5.41, 5.74) is 2.11. The number of anilines is 2. The normalized spacial score (nSPS) is 10.4. The Morgan fingerprint density at radius 2 is 1.89 bits per heavy atom. The van der Waals surface area contributed by atoms with Gasteiger partial charge in [-0.2, -0.15) is 4.98 Å². The van der Waals surface area contributed by atoms with Gasteiger partial charge in [-0.25, -0.2) is 9.67 Å². The fourth-order valence-electron chi connectivity index (χ4n) is 1.74. The lowest BCUT2D eigenvalue weighted by atomic mass is 10.3. The smallest absolute Gasteiger partial charge is 0.248 e. The minimum absolute atomic E-state index is 0.530. The minimum Gasteiger partial charge on any atom is -0.307 e. The molecule has 0 aliphatic rings. The van der Waals surface area contributed by atoms with Gasteiger partial charge in [0.05, 0.1) is 5.69 Å². The van der Waals surface area contributed by atoms with Gasteiger partial charge in [-0.3, -0.25) is 0 Å². The molecule has 2 aromatic heterocycles. The van der Waals surface area contributed by atoms with E-state index in [1.807, 2.05) is 49.4 Å². The number of aryl methyl sites for hydroxylation is 1.